The molecule has 1 N–H and O–H groups in total. The van der Waals surface area contributed by atoms with Gasteiger partial charge in [0.1, 0.15) is 0 Å². The molecule has 8 nitrogen and oxygen atoms in total. The molecule has 0 unspecified atom stereocenters. The fourth-order valence-corrected chi connectivity index (χ4v) is 7.60. The summed E-state index contributed by atoms with van der Waals surface area (Å²) in [6, 6.07) is 19.4. The number of hydrogen-bond acceptors (Lipinski definition) is 5. The number of sulfonamides is 2. The highest BCUT2D eigenvalue weighted by atomic mass is 79.9. The van der Waals surface area contributed by atoms with Crippen molar-refractivity contribution in [2.45, 2.75) is 42.1 Å². The molecule has 0 atom stereocenters. The van der Waals surface area contributed by atoms with Crippen LogP contribution in [0.25, 0.3) is 0 Å². The number of nitrogens with one attached hydrogen (secondary N) is 1. The molecule has 1 saturated heterocycles. The molecule has 12 heteroatoms. The van der Waals surface area contributed by atoms with Crippen LogP contribution in [0.5, 0.6) is 0 Å². The minimum absolute atomic E-state index is 0.0519. The lowest BCUT2D eigenvalue weighted by atomic mass is 10.2. The van der Waals surface area contributed by atoms with Crippen LogP contribution in [0.3, 0.4) is 0 Å². The van der Waals surface area contributed by atoms with Gasteiger partial charge in [-0.15, -0.1) is 0 Å². The van der Waals surface area contributed by atoms with Crippen LogP contribution < -0.4 is 5.32 Å². The Morgan fingerprint density at radius 1 is 0.872 bits per heavy atom. The Labute approximate surface area is 243 Å². The van der Waals surface area contributed by atoms with Crippen molar-refractivity contribution in [3.63, 3.8) is 0 Å². The molecule has 0 bridgehead atoms. The topological polar surface area (TPSA) is 104 Å². The number of halogens is 2. The molecule has 0 aromatic heterocycles. The third-order valence-electron chi connectivity index (χ3n) is 6.44. The lowest BCUT2D eigenvalue weighted by molar-refractivity contribution is -0.121. The number of nitrogens with zero attached hydrogens (tertiary/aromatic N) is 2. The Hall–Kier alpha value is -2.28. The lowest BCUT2D eigenvalue weighted by Crippen LogP contribution is -2.40. The van der Waals surface area contributed by atoms with Gasteiger partial charge in [-0.25, -0.2) is 16.8 Å². The molecule has 4 rings (SSSR count). The minimum atomic E-state index is -4.02. The molecule has 1 heterocycles. The quantitative estimate of drug-likeness (QED) is 0.339. The standard InChI is InChI=1S/C27H29BrClN3O5S2/c28-23-10-14-25(15-11-23)39(36,37)32(19-22-6-2-3-7-26(22)29)20-27(33)30-18-21-8-12-24(13-9-21)38(34,35)31-16-4-1-5-17-31/h2-3,6-15H,1,4-5,16-20H2,(H,30,33). The van der Waals surface area contributed by atoms with Crippen molar-refractivity contribution >= 4 is 53.5 Å². The van der Waals surface area contributed by atoms with E-state index in [1.807, 2.05) is 0 Å². The van der Waals surface area contributed by atoms with Gasteiger partial charge in [-0.1, -0.05) is 64.3 Å². The Bertz CT molecular complexity index is 1510. The maximum absolute atomic E-state index is 13.5. The molecule has 1 amide bonds. The minimum Gasteiger partial charge on any atom is -0.351 e. The van der Waals surface area contributed by atoms with E-state index in [0.717, 1.165) is 28.0 Å². The van der Waals surface area contributed by atoms with Crippen molar-refractivity contribution in [2.24, 2.45) is 0 Å². The Morgan fingerprint density at radius 3 is 2.13 bits per heavy atom. The van der Waals surface area contributed by atoms with Crippen LogP contribution in [0.4, 0.5) is 0 Å². The summed E-state index contributed by atoms with van der Waals surface area (Å²) in [7, 11) is -7.57. The second-order valence-corrected chi connectivity index (χ2v) is 14.4. The average Bonchev–Trinajstić information content (AvgIpc) is 2.93. The van der Waals surface area contributed by atoms with Gasteiger partial charge in [0.15, 0.2) is 0 Å². The summed E-state index contributed by atoms with van der Waals surface area (Å²) < 4.78 is 56.0. The predicted molar refractivity (Wildman–Crippen MR) is 154 cm³/mol. The van der Waals surface area contributed by atoms with Crippen molar-refractivity contribution in [2.75, 3.05) is 19.6 Å². The van der Waals surface area contributed by atoms with Crippen molar-refractivity contribution in [1.29, 1.82) is 0 Å². The van der Waals surface area contributed by atoms with Crippen LogP contribution in [0.1, 0.15) is 30.4 Å². The van der Waals surface area contributed by atoms with Crippen LogP contribution in [0.2, 0.25) is 5.02 Å². The molecule has 1 fully saturated rings. The van der Waals surface area contributed by atoms with Gasteiger partial charge < -0.3 is 5.32 Å². The maximum atomic E-state index is 13.5. The van der Waals surface area contributed by atoms with Crippen LogP contribution in [0.15, 0.2) is 87.1 Å². The average molecular weight is 655 g/mol. The number of benzene rings is 3. The van der Waals surface area contributed by atoms with Gasteiger partial charge in [-0.3, -0.25) is 4.79 Å². The smallest absolute Gasteiger partial charge is 0.243 e. The van der Waals surface area contributed by atoms with Gasteiger partial charge in [-0.05, 0) is 66.4 Å². The van der Waals surface area contributed by atoms with Gasteiger partial charge in [0.2, 0.25) is 26.0 Å². The molecule has 0 radical (unpaired) electrons. The lowest BCUT2D eigenvalue weighted by Gasteiger charge is -2.25. The van der Waals surface area contributed by atoms with Crippen LogP contribution in [-0.4, -0.2) is 51.0 Å². The summed E-state index contributed by atoms with van der Waals surface area (Å²) in [6.07, 6.45) is 2.74. The zero-order valence-electron chi connectivity index (χ0n) is 21.1. The van der Waals surface area contributed by atoms with Gasteiger partial charge in [0.05, 0.1) is 16.3 Å². The van der Waals surface area contributed by atoms with E-state index in [9.17, 15) is 21.6 Å². The molecular formula is C27H29BrClN3O5S2. The Morgan fingerprint density at radius 2 is 1.49 bits per heavy atom. The number of piperidine rings is 1. The SMILES string of the molecule is O=C(CN(Cc1ccccc1Cl)S(=O)(=O)c1ccc(Br)cc1)NCc1ccc(S(=O)(=O)N2CCCCC2)cc1. The van der Waals surface area contributed by atoms with Crippen molar-refractivity contribution in [1.82, 2.24) is 13.9 Å². The molecule has 0 aliphatic carbocycles. The molecular weight excluding hydrogens is 626 g/mol. The first-order valence-electron chi connectivity index (χ1n) is 12.4. The van der Waals surface area contributed by atoms with E-state index in [-0.39, 0.29) is 22.9 Å². The van der Waals surface area contributed by atoms with Crippen molar-refractivity contribution < 1.29 is 21.6 Å². The Kier molecular flexibility index (Phi) is 9.84. The zero-order chi connectivity index (χ0) is 28.0. The maximum Gasteiger partial charge on any atom is 0.243 e. The van der Waals surface area contributed by atoms with Gasteiger partial charge in [0.25, 0.3) is 0 Å². The number of amides is 1. The summed E-state index contributed by atoms with van der Waals surface area (Å²) >= 11 is 9.59. The number of carbonyl (C=O) groups is 1. The van der Waals surface area contributed by atoms with Gasteiger partial charge in [-0.2, -0.15) is 8.61 Å². The molecule has 1 aliphatic heterocycles. The highest BCUT2D eigenvalue weighted by Gasteiger charge is 2.28. The number of rotatable bonds is 10. The predicted octanol–water partition coefficient (Wildman–Crippen LogP) is 4.78. The first kappa shape index (κ1) is 29.7. The summed E-state index contributed by atoms with van der Waals surface area (Å²) in [5, 5.41) is 3.14. The van der Waals surface area contributed by atoms with Crippen molar-refractivity contribution in [3.8, 4) is 0 Å². The van der Waals surface area contributed by atoms with E-state index in [4.69, 9.17) is 11.6 Å². The highest BCUT2D eigenvalue weighted by molar-refractivity contribution is 9.10. The largest absolute Gasteiger partial charge is 0.351 e. The normalized spacial score (nSPS) is 14.8. The number of hydrogen-bond donors (Lipinski definition) is 1. The molecule has 0 spiro atoms. The zero-order valence-corrected chi connectivity index (χ0v) is 25.1. The van der Waals surface area contributed by atoms with E-state index >= 15 is 0 Å². The van der Waals surface area contributed by atoms with Crippen LogP contribution in [-0.2, 0) is 37.9 Å². The second kappa shape index (κ2) is 12.9. The molecule has 3 aromatic rings. The van der Waals surface area contributed by atoms with Crippen molar-refractivity contribution in [3.05, 3.63) is 93.4 Å². The fourth-order valence-electron chi connectivity index (χ4n) is 4.25. The molecule has 3 aromatic carbocycles. The van der Waals surface area contributed by atoms with E-state index in [1.54, 1.807) is 48.5 Å². The molecule has 1 aliphatic rings. The summed E-state index contributed by atoms with van der Waals surface area (Å²) in [5.41, 5.74) is 1.26. The molecule has 39 heavy (non-hydrogen) atoms. The molecule has 208 valence electrons. The monoisotopic (exact) mass is 653 g/mol. The summed E-state index contributed by atoms with van der Waals surface area (Å²) in [6.45, 7) is 0.642. The van der Waals surface area contributed by atoms with Gasteiger partial charge in [0, 0.05) is 35.7 Å². The van der Waals surface area contributed by atoms with E-state index < -0.39 is 32.5 Å². The van der Waals surface area contributed by atoms with E-state index in [2.05, 4.69) is 21.2 Å². The van der Waals surface area contributed by atoms with Gasteiger partial charge >= 0.3 is 0 Å². The van der Waals surface area contributed by atoms with Crippen LogP contribution in [0, 0.1) is 0 Å². The number of carbonyl (C=O) groups excluding carboxylic acids is 1. The summed E-state index contributed by atoms with van der Waals surface area (Å²) in [4.78, 5) is 13.2. The Balaban J connectivity index is 1.45. The summed E-state index contributed by atoms with van der Waals surface area (Å²) in [5.74, 6) is -0.507. The van der Waals surface area contributed by atoms with Crippen LogP contribution >= 0.6 is 27.5 Å². The third-order valence-corrected chi connectivity index (χ3v) is 11.1. The van der Waals surface area contributed by atoms with E-state index in [1.165, 1.54) is 28.6 Å². The first-order valence-corrected chi connectivity index (χ1v) is 16.5. The van der Waals surface area contributed by atoms with E-state index in [0.29, 0.717) is 29.2 Å². The molecule has 0 saturated carbocycles. The third kappa shape index (κ3) is 7.47. The highest BCUT2D eigenvalue weighted by Crippen LogP contribution is 2.24. The second-order valence-electron chi connectivity index (χ2n) is 9.20. The first-order chi connectivity index (χ1) is 18.6. The fraction of sp³-hybridized carbons (Fsp3) is 0.296.